The quantitative estimate of drug-likeness (QED) is 0.00569. The van der Waals surface area contributed by atoms with E-state index in [-0.39, 0.29) is 128 Å². The molecule has 0 radical (unpaired) electrons. The molecule has 1 aliphatic carbocycles. The van der Waals surface area contributed by atoms with Crippen molar-refractivity contribution in [2.75, 3.05) is 51.2 Å². The molecule has 786 valence electrons. The molecule has 0 unspecified atom stereocenters. The van der Waals surface area contributed by atoms with Crippen LogP contribution in [-0.4, -0.2) is 229 Å². The van der Waals surface area contributed by atoms with Crippen LogP contribution in [0, 0.1) is 17.2 Å². The summed E-state index contributed by atoms with van der Waals surface area (Å²) in [5.41, 5.74) is 11.3. The predicted octanol–water partition coefficient (Wildman–Crippen LogP) is 10.3. The van der Waals surface area contributed by atoms with E-state index in [0.717, 1.165) is 41.1 Å². The van der Waals surface area contributed by atoms with Gasteiger partial charge >= 0.3 is 5.97 Å². The zero-order valence-electron chi connectivity index (χ0n) is 84.0. The van der Waals surface area contributed by atoms with Crippen LogP contribution in [0.4, 0.5) is 11.4 Å². The molecule has 8 atom stereocenters. The van der Waals surface area contributed by atoms with Crippen molar-refractivity contribution in [3.63, 3.8) is 0 Å². The lowest BCUT2D eigenvalue weighted by Crippen LogP contribution is -2.58. The van der Waals surface area contributed by atoms with E-state index in [4.69, 9.17) is 15.9 Å². The van der Waals surface area contributed by atoms with Crippen LogP contribution in [0.5, 0.6) is 5.75 Å². The van der Waals surface area contributed by atoms with Crippen LogP contribution >= 0.6 is 0 Å². The molecular weight excluding hydrogens is 1920 g/mol. The molecule has 40 heteroatoms. The van der Waals surface area contributed by atoms with Crippen LogP contribution in [0.3, 0.4) is 0 Å². The van der Waals surface area contributed by atoms with Crippen molar-refractivity contribution in [1.29, 1.82) is 5.41 Å². The number of amides is 9. The van der Waals surface area contributed by atoms with Crippen molar-refractivity contribution in [1.82, 2.24) is 52.3 Å². The molecule has 9 amide bonds. The number of carboxylic acids is 1. The lowest BCUT2D eigenvalue weighted by atomic mass is 9.81. The fourth-order valence-corrected chi connectivity index (χ4v) is 20.7. The largest absolute Gasteiger partial charge is 0.481 e. The Labute approximate surface area is 849 Å². The van der Waals surface area contributed by atoms with E-state index in [9.17, 15) is 87.2 Å². The minimum atomic E-state index is -4.63. The number of nitrogens with zero attached hydrogens (tertiary/aromatic N) is 4. The van der Waals surface area contributed by atoms with E-state index < -0.39 is 174 Å². The number of carboxylic acid groups (broad SMARTS) is 1. The molecule has 5 aliphatic rings. The summed E-state index contributed by atoms with van der Waals surface area (Å²) < 4.78 is 114. The topological polar surface area (TPSA) is 556 Å². The number of ketones is 2. The SMILES string of the molecule is CCCCN1/C(=C/C=C2\CCCC(/C=C/C3=[N+](CCCCCC(=O)NCCCCCC(=O)NCCCC[C@H]4C(=O)N[C@@H](Cc5ccccc5)C(=O)N[C@@H](CCCNC(=N)N)C(=O)CCC(=O)N[C@@H](CC(=O)O)C(=O)N[C@@H](CC(C)C)C(=O)N[C@@H](C)C(=O)C[C@@H](Cc5ccccc5)C(=O)N5CCC[C@@H]5C(=O)N4C)c4ccc(S(=O)(=O)O)cc4C3(C)C)=C2Oc2ccc(S(=O)(=O)O)cc2)C(C)(C)c2cc(S(=O)(=O)O)ccc21. The van der Waals surface area contributed by atoms with Gasteiger partial charge in [-0.2, -0.15) is 29.8 Å². The monoisotopic (exact) mass is 2060 g/mol. The van der Waals surface area contributed by atoms with Crippen molar-refractivity contribution in [3.05, 3.63) is 190 Å². The van der Waals surface area contributed by atoms with Gasteiger partial charge in [0, 0.05) is 125 Å². The summed E-state index contributed by atoms with van der Waals surface area (Å²) in [5.74, 6) is -9.74. The molecule has 0 saturated carbocycles. The summed E-state index contributed by atoms with van der Waals surface area (Å²) in [6, 6.07) is 22.3. The summed E-state index contributed by atoms with van der Waals surface area (Å²) in [4.78, 5) is 175. The normalized spacial score (nSPS) is 21.5. The average molecular weight is 2060 g/mol. The number of likely N-dealkylation sites (N-methyl/N-ethyl adjacent to an activating group) is 1. The first-order chi connectivity index (χ1) is 68.6. The molecule has 5 aromatic rings. The number of ether oxygens (including phenoxy) is 1. The zero-order valence-corrected chi connectivity index (χ0v) is 86.5. The van der Waals surface area contributed by atoms with Crippen molar-refractivity contribution < 1.29 is 111 Å². The minimum absolute atomic E-state index is 0.00365. The van der Waals surface area contributed by atoms with Gasteiger partial charge in [-0.1, -0.05) is 114 Å². The summed E-state index contributed by atoms with van der Waals surface area (Å²) in [7, 11) is -12.3. The Morgan fingerprint density at radius 2 is 1.17 bits per heavy atom. The number of carbonyl (C=O) groups is 12. The van der Waals surface area contributed by atoms with E-state index >= 15 is 14.4 Å². The van der Waals surface area contributed by atoms with Gasteiger partial charge in [-0.25, -0.2) is 0 Å². The first-order valence-corrected chi connectivity index (χ1v) is 54.3. The Balaban J connectivity index is 0.793. The molecule has 4 heterocycles. The number of Topliss-reactive ketones (excluding diaryl/α,β-unsaturated/α-hetero) is 2. The first-order valence-electron chi connectivity index (χ1n) is 49.9. The Kier molecular flexibility index (Phi) is 41.3. The number of nitrogens with one attached hydrogen (secondary N) is 9. The molecule has 2 saturated heterocycles. The second-order valence-electron chi connectivity index (χ2n) is 39.4. The highest BCUT2D eigenvalue weighted by Gasteiger charge is 2.48. The number of anilines is 1. The van der Waals surface area contributed by atoms with Crippen molar-refractivity contribution in [2.24, 2.45) is 17.6 Å². The van der Waals surface area contributed by atoms with E-state index in [0.29, 0.717) is 124 Å². The third kappa shape index (κ3) is 32.4. The number of fused-ring (bicyclic) bond motifs is 3. The standard InChI is InChI=1S/C105H140N14O23S3/c1-10-11-57-117-84-48-46-76(144(136,137)138)64-78(84)104(5,6)90(117)51-40-71-33-26-34-72(96(71)142-74-42-44-75(45-43-74)143(133,134)135)41-52-91-105(7,8)79-65-77(145(139,140)141)47-49-85(79)118(91)58-25-15-21-39-93(123)108-54-23-14-20-38-92(122)109-55-24-22-36-86-100(130)115-82(62-70-31-18-13-19-32-70)98(128)113-80(35-27-56-110-103(106)107)88(120)50-53-94(124)112-83(66-95(125)126)99(129)114-81(60-67(2)3)97(127)111-68(4)89(121)63-73(61-69-29-16-12-17-30-69)101(131)119-59-28-37-87(119)102(132)116(86)9/h12-13,16-19,29-32,40-49,51-52,64-65,67-68,73,80-83,86-87H,10-11,14-15,20-28,33-39,50,53-63,66H2,1-9H3,(H14-,106,107,108,109,110,111,112,113,114,115,122,123,124,125,126,127,128,129,130,133,134,135,136,137,138,139,140,141)/p+1/t68-,73+,80-,81-,82-,83-,86-,87+/m0/s1. The van der Waals surface area contributed by atoms with Crippen molar-refractivity contribution in [3.8, 4) is 5.75 Å². The molecule has 15 N–H and O–H groups in total. The van der Waals surface area contributed by atoms with E-state index in [1.165, 1.54) is 72.3 Å². The number of nitrogens with two attached hydrogens (primary N) is 1. The highest BCUT2D eigenvalue weighted by Crippen LogP contribution is 2.50. The van der Waals surface area contributed by atoms with Crippen LogP contribution in [0.15, 0.2) is 183 Å². The highest BCUT2D eigenvalue weighted by atomic mass is 32.2. The van der Waals surface area contributed by atoms with Gasteiger partial charge in [-0.15, -0.1) is 0 Å². The maximum atomic E-state index is 15.4. The molecule has 2 fully saturated rings. The number of rotatable bonds is 40. The minimum Gasteiger partial charge on any atom is -0.481 e. The Hall–Kier alpha value is -12.6. The summed E-state index contributed by atoms with van der Waals surface area (Å²) in [6.45, 7) is 16.6. The van der Waals surface area contributed by atoms with E-state index in [1.807, 2.05) is 52.0 Å². The van der Waals surface area contributed by atoms with Gasteiger partial charge in [0.1, 0.15) is 48.3 Å². The average Bonchev–Trinajstić information content (AvgIpc) is 1.59. The summed E-state index contributed by atoms with van der Waals surface area (Å²) >= 11 is 0. The fourth-order valence-electron chi connectivity index (χ4n) is 19.2. The number of hydrogen-bond donors (Lipinski definition) is 14. The molecule has 5 aromatic carbocycles. The Bertz CT molecular complexity index is 6080. The Morgan fingerprint density at radius 3 is 1.79 bits per heavy atom. The molecule has 0 bridgehead atoms. The van der Waals surface area contributed by atoms with Gasteiger partial charge in [0.2, 0.25) is 58.9 Å². The summed E-state index contributed by atoms with van der Waals surface area (Å²) in [6.07, 6.45) is 13.5. The third-order valence-corrected chi connectivity index (χ3v) is 29.7. The molecule has 0 spiro atoms. The van der Waals surface area contributed by atoms with Gasteiger partial charge in [-0.3, -0.25) is 76.6 Å². The number of allylic oxidation sites excluding steroid dienone is 7. The lowest BCUT2D eigenvalue weighted by Gasteiger charge is -2.35. The molecule has 0 aromatic heterocycles. The van der Waals surface area contributed by atoms with Crippen LogP contribution < -0.4 is 57.9 Å². The summed E-state index contributed by atoms with van der Waals surface area (Å²) in [5, 5.41) is 39.5. The van der Waals surface area contributed by atoms with Crippen molar-refractivity contribution in [2.45, 2.75) is 297 Å². The van der Waals surface area contributed by atoms with E-state index in [1.54, 1.807) is 86.6 Å². The Morgan fingerprint density at radius 1 is 0.586 bits per heavy atom. The van der Waals surface area contributed by atoms with Crippen molar-refractivity contribution >= 4 is 124 Å². The van der Waals surface area contributed by atoms with Crippen LogP contribution in [-0.2, 0) is 112 Å². The van der Waals surface area contributed by atoms with Gasteiger partial charge in [0.15, 0.2) is 23.2 Å². The highest BCUT2D eigenvalue weighted by molar-refractivity contribution is 7.86. The smallest absolute Gasteiger partial charge is 0.305 e. The molecular formula is C105H141N14O23S3+. The predicted molar refractivity (Wildman–Crippen MR) is 546 cm³/mol. The second-order valence-corrected chi connectivity index (χ2v) is 43.6. The number of carbonyl (C=O) groups excluding carboxylic acids is 11. The maximum Gasteiger partial charge on any atom is 0.305 e. The number of aliphatic carboxylic acids is 1. The van der Waals surface area contributed by atoms with Gasteiger partial charge in [0.25, 0.3) is 30.4 Å². The number of guanidine groups is 1. The molecule has 4 aliphatic heterocycles. The zero-order chi connectivity index (χ0) is 106. The van der Waals surface area contributed by atoms with Gasteiger partial charge < -0.3 is 72.8 Å². The molecule has 10 rings (SSSR count). The van der Waals surface area contributed by atoms with Crippen LogP contribution in [0.2, 0.25) is 0 Å². The molecule has 145 heavy (non-hydrogen) atoms. The molecule has 37 nitrogen and oxygen atoms in total. The fraction of sp³-hybridized carbons (Fsp3) is 0.505. The maximum absolute atomic E-state index is 15.4. The lowest BCUT2D eigenvalue weighted by molar-refractivity contribution is -0.438. The number of benzene rings is 5. The van der Waals surface area contributed by atoms with Crippen LogP contribution in [0.25, 0.3) is 0 Å². The van der Waals surface area contributed by atoms with E-state index in [2.05, 4.69) is 58.9 Å². The second kappa shape index (κ2) is 52.4. The van der Waals surface area contributed by atoms with Crippen LogP contribution in [0.1, 0.15) is 238 Å². The first kappa shape index (κ1) is 114. The number of unbranched alkanes of at least 4 members (excludes halogenated alkanes) is 6. The van der Waals surface area contributed by atoms with Gasteiger partial charge in [0.05, 0.1) is 38.6 Å². The third-order valence-electron chi connectivity index (χ3n) is 27.2. The number of hydrogen-bond acceptors (Lipinski definition) is 21. The van der Waals surface area contributed by atoms with Gasteiger partial charge in [-0.05, 0) is 230 Å².